The summed E-state index contributed by atoms with van der Waals surface area (Å²) in [5, 5.41) is 15.9. The summed E-state index contributed by atoms with van der Waals surface area (Å²) in [6.45, 7) is 3.21. The molecule has 9 nitrogen and oxygen atoms in total. The number of fused-ring (bicyclic) bond motifs is 1. The summed E-state index contributed by atoms with van der Waals surface area (Å²) in [6, 6.07) is 25.1. The molecular weight excluding hydrogens is 617 g/mol. The van der Waals surface area contributed by atoms with E-state index in [0.717, 1.165) is 33.4 Å². The van der Waals surface area contributed by atoms with Gasteiger partial charge >= 0.3 is 0 Å². The highest BCUT2D eigenvalue weighted by molar-refractivity contribution is 5.89. The van der Waals surface area contributed by atoms with E-state index in [1.807, 2.05) is 36.4 Å². The third-order valence-corrected chi connectivity index (χ3v) is 8.40. The molecule has 0 bridgehead atoms. The van der Waals surface area contributed by atoms with Gasteiger partial charge in [0, 0.05) is 43.5 Å². The Bertz CT molecular complexity index is 1570. The van der Waals surface area contributed by atoms with Gasteiger partial charge in [0.25, 0.3) is 0 Å². The van der Waals surface area contributed by atoms with Gasteiger partial charge in [-0.25, -0.2) is 4.39 Å². The highest BCUT2D eigenvalue weighted by Crippen LogP contribution is 2.33. The van der Waals surface area contributed by atoms with E-state index in [2.05, 4.69) is 29.6 Å². The van der Waals surface area contributed by atoms with E-state index in [9.17, 15) is 9.50 Å². The molecule has 258 valence electrons. The van der Waals surface area contributed by atoms with Crippen molar-refractivity contribution >= 4 is 10.8 Å². The van der Waals surface area contributed by atoms with Crippen molar-refractivity contribution in [2.75, 3.05) is 60.8 Å². The number of nitrogens with one attached hydrogen (secondary N) is 1. The summed E-state index contributed by atoms with van der Waals surface area (Å²) in [5.41, 5.74) is 2.75. The van der Waals surface area contributed by atoms with Crippen LogP contribution in [0.4, 0.5) is 4.39 Å². The van der Waals surface area contributed by atoms with Crippen LogP contribution in [0.15, 0.2) is 78.9 Å². The van der Waals surface area contributed by atoms with Gasteiger partial charge in [-0.1, -0.05) is 48.5 Å². The molecule has 1 saturated heterocycles. The number of rotatable bonds is 18. The van der Waals surface area contributed by atoms with Crippen LogP contribution in [-0.2, 0) is 32.2 Å². The minimum Gasteiger partial charge on any atom is -0.496 e. The number of piperidine rings is 1. The van der Waals surface area contributed by atoms with E-state index in [0.29, 0.717) is 44.9 Å². The van der Waals surface area contributed by atoms with Crippen LogP contribution < -0.4 is 19.5 Å². The molecule has 0 saturated carbocycles. The predicted octanol–water partition coefficient (Wildman–Crippen LogP) is 5.65. The zero-order chi connectivity index (χ0) is 33.7. The molecule has 4 atom stereocenters. The lowest BCUT2D eigenvalue weighted by Gasteiger charge is -2.39. The van der Waals surface area contributed by atoms with Crippen LogP contribution >= 0.6 is 0 Å². The number of ether oxygens (including phenoxy) is 7. The molecule has 1 aliphatic heterocycles. The van der Waals surface area contributed by atoms with Crippen LogP contribution in [0.2, 0.25) is 0 Å². The lowest BCUT2D eigenvalue weighted by Crippen LogP contribution is -2.51. The fraction of sp³-hybridized carbons (Fsp3) is 0.421. The molecule has 0 aliphatic carbocycles. The van der Waals surface area contributed by atoms with Crippen molar-refractivity contribution < 1.29 is 42.7 Å². The second-order valence-corrected chi connectivity index (χ2v) is 11.8. The van der Waals surface area contributed by atoms with Crippen LogP contribution in [0.5, 0.6) is 17.2 Å². The number of para-hydroxylation sites is 1. The number of aliphatic hydroxyl groups is 1. The summed E-state index contributed by atoms with van der Waals surface area (Å²) in [4.78, 5) is 0. The average molecular weight is 664 g/mol. The van der Waals surface area contributed by atoms with Gasteiger partial charge in [0.05, 0.1) is 66.1 Å². The molecule has 1 heterocycles. The fourth-order valence-electron chi connectivity index (χ4n) is 6.10. The lowest BCUT2D eigenvalue weighted by atomic mass is 9.85. The molecular formula is C38H46FNO8. The standard InChI is InChI=1S/C38H46FNO8/c1-42-24-30(41)25-48-36-21-40-20-35(47-22-26-18-28-8-4-5-10-32(28)34(19-26)43-2)37(36)27-12-14-31(15-13-27)46-17-7-16-45-23-29-9-6-11-33(39)38(29)44-3/h4-6,8-15,18-19,30,35-37,40-41H,7,16-17,20-25H2,1-3H3/t30-,35+,36-,37-/m1/s1. The maximum atomic E-state index is 13.9. The first-order valence-corrected chi connectivity index (χ1v) is 16.3. The Kier molecular flexibility index (Phi) is 13.4. The summed E-state index contributed by atoms with van der Waals surface area (Å²) < 4.78 is 54.4. The molecule has 0 spiro atoms. The van der Waals surface area contributed by atoms with Crippen molar-refractivity contribution in [3.63, 3.8) is 0 Å². The van der Waals surface area contributed by atoms with Crippen LogP contribution in [0.1, 0.15) is 29.0 Å². The molecule has 4 aromatic rings. The highest BCUT2D eigenvalue weighted by Gasteiger charge is 2.36. The SMILES string of the molecule is COC[C@@H](O)CO[C@@H]1CNC[C@H](OCc2cc(OC)c3ccccc3c2)[C@H]1c1ccc(OCCCOCc2cccc(F)c2OC)cc1. The van der Waals surface area contributed by atoms with Crippen molar-refractivity contribution in [3.8, 4) is 17.2 Å². The number of hydrogen-bond donors (Lipinski definition) is 2. The molecule has 4 aromatic carbocycles. The first-order valence-electron chi connectivity index (χ1n) is 16.3. The van der Waals surface area contributed by atoms with Crippen LogP contribution in [0.25, 0.3) is 10.8 Å². The summed E-state index contributed by atoms with van der Waals surface area (Å²) in [7, 11) is 4.69. The van der Waals surface area contributed by atoms with Gasteiger partial charge in [-0.15, -0.1) is 0 Å². The van der Waals surface area contributed by atoms with E-state index in [1.54, 1.807) is 26.4 Å². The molecule has 48 heavy (non-hydrogen) atoms. The summed E-state index contributed by atoms with van der Waals surface area (Å²) >= 11 is 0. The predicted molar refractivity (Wildman–Crippen MR) is 181 cm³/mol. The van der Waals surface area contributed by atoms with Gasteiger partial charge < -0.3 is 43.6 Å². The van der Waals surface area contributed by atoms with Gasteiger partial charge in [0.15, 0.2) is 11.6 Å². The number of methoxy groups -OCH3 is 3. The van der Waals surface area contributed by atoms with Crippen molar-refractivity contribution in [1.82, 2.24) is 5.32 Å². The molecule has 0 unspecified atom stereocenters. The zero-order valence-electron chi connectivity index (χ0n) is 27.9. The van der Waals surface area contributed by atoms with Gasteiger partial charge in [-0.3, -0.25) is 0 Å². The highest BCUT2D eigenvalue weighted by atomic mass is 19.1. The smallest absolute Gasteiger partial charge is 0.165 e. The second-order valence-electron chi connectivity index (χ2n) is 11.8. The Hall–Kier alpha value is -3.77. The molecule has 1 fully saturated rings. The quantitative estimate of drug-likeness (QED) is 0.131. The molecule has 1 aliphatic rings. The van der Waals surface area contributed by atoms with E-state index in [1.165, 1.54) is 13.2 Å². The van der Waals surface area contributed by atoms with E-state index < -0.39 is 11.9 Å². The lowest BCUT2D eigenvalue weighted by molar-refractivity contribution is -0.0856. The Morgan fingerprint density at radius 3 is 2.40 bits per heavy atom. The second kappa shape index (κ2) is 18.1. The Morgan fingerprint density at radius 2 is 1.62 bits per heavy atom. The topological polar surface area (TPSA) is 96.9 Å². The van der Waals surface area contributed by atoms with E-state index >= 15 is 0 Å². The van der Waals surface area contributed by atoms with Gasteiger partial charge in [0.1, 0.15) is 17.6 Å². The molecule has 0 radical (unpaired) electrons. The maximum absolute atomic E-state index is 13.9. The average Bonchev–Trinajstić information content (AvgIpc) is 3.11. The third kappa shape index (κ3) is 9.43. The number of hydrogen-bond acceptors (Lipinski definition) is 9. The number of halogens is 1. The van der Waals surface area contributed by atoms with Crippen molar-refractivity contribution in [3.05, 3.63) is 101 Å². The molecule has 5 rings (SSSR count). The van der Waals surface area contributed by atoms with Crippen molar-refractivity contribution in [2.24, 2.45) is 0 Å². The number of benzene rings is 4. The first-order chi connectivity index (χ1) is 23.5. The normalized spacial score (nSPS) is 18.5. The first kappa shape index (κ1) is 35.5. The van der Waals surface area contributed by atoms with Crippen molar-refractivity contribution in [1.29, 1.82) is 0 Å². The van der Waals surface area contributed by atoms with Gasteiger partial charge in [-0.2, -0.15) is 0 Å². The maximum Gasteiger partial charge on any atom is 0.165 e. The monoisotopic (exact) mass is 663 g/mol. The minimum absolute atomic E-state index is 0.0920. The van der Waals surface area contributed by atoms with Crippen LogP contribution in [-0.4, -0.2) is 84.3 Å². The Balaban J connectivity index is 1.20. The fourth-order valence-corrected chi connectivity index (χ4v) is 6.10. The van der Waals surface area contributed by atoms with Crippen molar-refractivity contribution in [2.45, 2.75) is 43.9 Å². The molecule has 2 N–H and O–H groups in total. The van der Waals surface area contributed by atoms with Crippen LogP contribution in [0.3, 0.4) is 0 Å². The van der Waals surface area contributed by atoms with Crippen LogP contribution in [0, 0.1) is 5.82 Å². The third-order valence-electron chi connectivity index (χ3n) is 8.40. The Labute approximate surface area is 281 Å². The Morgan fingerprint density at radius 1 is 0.833 bits per heavy atom. The molecule has 10 heteroatoms. The molecule has 0 aromatic heterocycles. The summed E-state index contributed by atoms with van der Waals surface area (Å²) in [5.74, 6) is 1.27. The minimum atomic E-state index is -0.724. The van der Waals surface area contributed by atoms with Gasteiger partial charge in [0.2, 0.25) is 0 Å². The number of aliphatic hydroxyl groups excluding tert-OH is 1. The van der Waals surface area contributed by atoms with Gasteiger partial charge in [-0.05, 0) is 46.8 Å². The largest absolute Gasteiger partial charge is 0.496 e. The van der Waals surface area contributed by atoms with E-state index in [-0.39, 0.29) is 43.7 Å². The molecule has 0 amide bonds. The van der Waals surface area contributed by atoms with E-state index in [4.69, 9.17) is 33.2 Å². The zero-order valence-corrected chi connectivity index (χ0v) is 27.9. The summed E-state index contributed by atoms with van der Waals surface area (Å²) in [6.07, 6.45) is -0.482.